The van der Waals surface area contributed by atoms with Gasteiger partial charge in [0.15, 0.2) is 0 Å². The molecule has 0 saturated carbocycles. The fourth-order valence-electron chi connectivity index (χ4n) is 1.34. The van der Waals surface area contributed by atoms with E-state index >= 15 is 0 Å². The van der Waals surface area contributed by atoms with Crippen LogP contribution in [0.4, 0.5) is 4.39 Å². The molecule has 88 valence electrons. The van der Waals surface area contributed by atoms with Gasteiger partial charge in [0.2, 0.25) is 5.95 Å². The molecule has 0 aliphatic heterocycles. The van der Waals surface area contributed by atoms with E-state index in [0.29, 0.717) is 0 Å². The van der Waals surface area contributed by atoms with Gasteiger partial charge in [-0.2, -0.15) is 4.39 Å². The number of aromatic nitrogens is 2. The van der Waals surface area contributed by atoms with Gasteiger partial charge in [-0.05, 0) is 19.1 Å². The van der Waals surface area contributed by atoms with Gasteiger partial charge in [-0.25, -0.2) is 9.97 Å². The third-order valence-corrected chi connectivity index (χ3v) is 3.13. The molecule has 0 spiro atoms. The number of hydrogen-bond donors (Lipinski definition) is 1. The third-order valence-electron chi connectivity index (χ3n) is 2.17. The number of amides is 1. The Hall–Kier alpha value is -1.82. The Bertz CT molecular complexity index is 515. The molecule has 0 radical (unpaired) electrons. The second-order valence-corrected chi connectivity index (χ2v) is 4.33. The van der Waals surface area contributed by atoms with Gasteiger partial charge in [-0.1, -0.05) is 0 Å². The first-order chi connectivity index (χ1) is 8.18. The van der Waals surface area contributed by atoms with Crippen LogP contribution in [0.5, 0.6) is 0 Å². The summed E-state index contributed by atoms with van der Waals surface area (Å²) >= 11 is 1.44. The van der Waals surface area contributed by atoms with E-state index in [0.717, 1.165) is 5.01 Å². The summed E-state index contributed by atoms with van der Waals surface area (Å²) in [6.07, 6.45) is 2.96. The largest absolute Gasteiger partial charge is 0.343 e. The van der Waals surface area contributed by atoms with Crippen LogP contribution in [0.25, 0.3) is 0 Å². The van der Waals surface area contributed by atoms with Crippen LogP contribution in [0.3, 0.4) is 0 Å². The first kappa shape index (κ1) is 11.7. The van der Waals surface area contributed by atoms with Crippen molar-refractivity contribution in [2.75, 3.05) is 0 Å². The van der Waals surface area contributed by atoms with Crippen molar-refractivity contribution < 1.29 is 9.18 Å². The lowest BCUT2D eigenvalue weighted by Gasteiger charge is -2.11. The summed E-state index contributed by atoms with van der Waals surface area (Å²) < 4.78 is 13.2. The highest BCUT2D eigenvalue weighted by Gasteiger charge is 2.16. The van der Waals surface area contributed by atoms with Gasteiger partial charge in [-0.3, -0.25) is 4.79 Å². The van der Waals surface area contributed by atoms with E-state index < -0.39 is 11.9 Å². The van der Waals surface area contributed by atoms with Crippen molar-refractivity contribution in [3.8, 4) is 0 Å². The molecule has 0 bridgehead atoms. The van der Waals surface area contributed by atoms with Gasteiger partial charge < -0.3 is 5.32 Å². The lowest BCUT2D eigenvalue weighted by molar-refractivity contribution is 0.0935. The number of rotatable bonds is 3. The number of nitrogens with one attached hydrogen (secondary N) is 1. The Morgan fingerprint density at radius 3 is 2.94 bits per heavy atom. The number of nitrogens with zero attached hydrogens (tertiary/aromatic N) is 2. The third kappa shape index (κ3) is 2.65. The molecule has 2 rings (SSSR count). The summed E-state index contributed by atoms with van der Waals surface area (Å²) in [5, 5.41) is 5.27. The molecular weight excluding hydrogens is 241 g/mol. The molecule has 1 amide bonds. The molecule has 0 aliphatic rings. The average Bonchev–Trinajstić information content (AvgIpc) is 2.82. The highest BCUT2D eigenvalue weighted by molar-refractivity contribution is 7.09. The van der Waals surface area contributed by atoms with Crippen molar-refractivity contribution in [3.05, 3.63) is 46.4 Å². The summed E-state index contributed by atoms with van der Waals surface area (Å²) in [5.74, 6) is -1.25. The maximum Gasteiger partial charge on any atom is 0.256 e. The molecule has 0 saturated heterocycles. The second-order valence-electron chi connectivity index (χ2n) is 3.41. The van der Waals surface area contributed by atoms with E-state index in [-0.39, 0.29) is 11.6 Å². The number of pyridine rings is 1. The molecule has 1 N–H and O–H groups in total. The van der Waals surface area contributed by atoms with Crippen LogP contribution in [0, 0.1) is 5.95 Å². The van der Waals surface area contributed by atoms with Crippen LogP contribution in [0.2, 0.25) is 0 Å². The van der Waals surface area contributed by atoms with Gasteiger partial charge in [0, 0.05) is 17.8 Å². The topological polar surface area (TPSA) is 54.9 Å². The lowest BCUT2D eigenvalue weighted by Crippen LogP contribution is -2.27. The van der Waals surface area contributed by atoms with E-state index in [2.05, 4.69) is 15.3 Å². The quantitative estimate of drug-likeness (QED) is 0.850. The Labute approximate surface area is 102 Å². The predicted octanol–water partition coefficient (Wildman–Crippen LogP) is 2.17. The summed E-state index contributed by atoms with van der Waals surface area (Å²) in [7, 11) is 0. The zero-order valence-electron chi connectivity index (χ0n) is 9.05. The molecule has 2 aromatic rings. The maximum absolute atomic E-state index is 13.2. The summed E-state index contributed by atoms with van der Waals surface area (Å²) in [6.45, 7) is 1.80. The van der Waals surface area contributed by atoms with Crippen LogP contribution in [-0.4, -0.2) is 15.9 Å². The number of carbonyl (C=O) groups excluding carboxylic acids is 1. The van der Waals surface area contributed by atoms with E-state index in [9.17, 15) is 9.18 Å². The van der Waals surface area contributed by atoms with Crippen molar-refractivity contribution in [2.45, 2.75) is 13.0 Å². The van der Waals surface area contributed by atoms with E-state index in [4.69, 9.17) is 0 Å². The normalized spacial score (nSPS) is 12.1. The highest BCUT2D eigenvalue weighted by atomic mass is 32.1. The van der Waals surface area contributed by atoms with Gasteiger partial charge in [-0.15, -0.1) is 11.3 Å². The molecule has 0 aromatic carbocycles. The molecule has 0 fully saturated rings. The minimum atomic E-state index is -0.767. The number of halogens is 1. The molecule has 0 aliphatic carbocycles. The fraction of sp³-hybridized carbons (Fsp3) is 0.182. The summed E-state index contributed by atoms with van der Waals surface area (Å²) in [4.78, 5) is 19.3. The van der Waals surface area contributed by atoms with E-state index in [1.54, 1.807) is 13.1 Å². The van der Waals surface area contributed by atoms with Crippen molar-refractivity contribution >= 4 is 17.2 Å². The monoisotopic (exact) mass is 251 g/mol. The number of carbonyl (C=O) groups is 1. The van der Waals surface area contributed by atoms with E-state index in [1.807, 2.05) is 5.38 Å². The molecule has 4 nitrogen and oxygen atoms in total. The standard InChI is InChI=1S/C11H10FN3OS/c1-7(11-14-5-6-17-11)15-10(16)8-3-2-4-13-9(8)12/h2-7H,1H3,(H,15,16). The van der Waals surface area contributed by atoms with Gasteiger partial charge in [0.25, 0.3) is 5.91 Å². The SMILES string of the molecule is CC(NC(=O)c1cccnc1F)c1nccs1. The fourth-order valence-corrected chi connectivity index (χ4v) is 1.99. The van der Waals surface area contributed by atoms with E-state index in [1.165, 1.54) is 29.7 Å². The Balaban J connectivity index is 2.10. The molecular formula is C11H10FN3OS. The zero-order chi connectivity index (χ0) is 12.3. The van der Waals surface area contributed by atoms with Crippen LogP contribution >= 0.6 is 11.3 Å². The highest BCUT2D eigenvalue weighted by Crippen LogP contribution is 2.15. The van der Waals surface area contributed by atoms with Crippen LogP contribution in [-0.2, 0) is 0 Å². The van der Waals surface area contributed by atoms with Crippen molar-refractivity contribution in [1.82, 2.24) is 15.3 Å². The Morgan fingerprint density at radius 2 is 2.29 bits per heavy atom. The van der Waals surface area contributed by atoms with Crippen LogP contribution in [0.15, 0.2) is 29.9 Å². The minimum absolute atomic E-state index is 0.0593. The Morgan fingerprint density at radius 1 is 1.47 bits per heavy atom. The van der Waals surface area contributed by atoms with Gasteiger partial charge in [0.1, 0.15) is 5.01 Å². The second kappa shape index (κ2) is 5.01. The smallest absolute Gasteiger partial charge is 0.256 e. The lowest BCUT2D eigenvalue weighted by atomic mass is 10.2. The van der Waals surface area contributed by atoms with Gasteiger partial charge >= 0.3 is 0 Å². The molecule has 2 aromatic heterocycles. The number of thiazole rings is 1. The number of hydrogen-bond acceptors (Lipinski definition) is 4. The van der Waals surface area contributed by atoms with Crippen molar-refractivity contribution in [3.63, 3.8) is 0 Å². The minimum Gasteiger partial charge on any atom is -0.343 e. The molecule has 17 heavy (non-hydrogen) atoms. The van der Waals surface area contributed by atoms with Crippen LogP contribution < -0.4 is 5.32 Å². The molecule has 2 heterocycles. The molecule has 6 heteroatoms. The van der Waals surface area contributed by atoms with Crippen molar-refractivity contribution in [2.24, 2.45) is 0 Å². The summed E-state index contributed by atoms with van der Waals surface area (Å²) in [6, 6.07) is 2.67. The molecule has 1 unspecified atom stereocenters. The molecule has 1 atom stereocenters. The van der Waals surface area contributed by atoms with Crippen molar-refractivity contribution in [1.29, 1.82) is 0 Å². The van der Waals surface area contributed by atoms with Crippen LogP contribution in [0.1, 0.15) is 28.3 Å². The summed E-state index contributed by atoms with van der Waals surface area (Å²) in [5.41, 5.74) is -0.0593. The predicted molar refractivity (Wildman–Crippen MR) is 62.2 cm³/mol. The first-order valence-electron chi connectivity index (χ1n) is 4.99. The van der Waals surface area contributed by atoms with Gasteiger partial charge in [0.05, 0.1) is 11.6 Å². The Kier molecular flexibility index (Phi) is 3.43. The maximum atomic E-state index is 13.2. The first-order valence-corrected chi connectivity index (χ1v) is 5.87. The average molecular weight is 251 g/mol. The zero-order valence-corrected chi connectivity index (χ0v) is 9.87.